The average Bonchev–Trinajstić information content (AvgIpc) is 3.23. The Morgan fingerprint density at radius 1 is 1.43 bits per heavy atom. The van der Waals surface area contributed by atoms with Crippen molar-refractivity contribution in [3.8, 4) is 0 Å². The summed E-state index contributed by atoms with van der Waals surface area (Å²) >= 11 is 0. The Labute approximate surface area is 137 Å². The highest BCUT2D eigenvalue weighted by molar-refractivity contribution is 5.97. The van der Waals surface area contributed by atoms with E-state index >= 15 is 0 Å². The van der Waals surface area contributed by atoms with E-state index in [1.54, 1.807) is 6.20 Å². The molecule has 0 aromatic carbocycles. The molecule has 2 N–H and O–H groups in total. The first-order chi connectivity index (χ1) is 10.9. The van der Waals surface area contributed by atoms with Crippen LogP contribution in [-0.4, -0.2) is 32.8 Å². The van der Waals surface area contributed by atoms with Gasteiger partial charge in [-0.05, 0) is 25.2 Å². The van der Waals surface area contributed by atoms with Crippen molar-refractivity contribution >= 4 is 11.9 Å². The van der Waals surface area contributed by atoms with Gasteiger partial charge in [0.1, 0.15) is 6.04 Å². The fourth-order valence-corrected chi connectivity index (χ4v) is 2.75. The summed E-state index contributed by atoms with van der Waals surface area (Å²) in [5.74, 6) is -0.463. The molecule has 1 aromatic rings. The molecule has 0 saturated heterocycles. The van der Waals surface area contributed by atoms with Gasteiger partial charge >= 0.3 is 5.97 Å². The molecule has 6 nitrogen and oxygen atoms in total. The van der Waals surface area contributed by atoms with E-state index in [0.29, 0.717) is 23.8 Å². The van der Waals surface area contributed by atoms with Gasteiger partial charge in [0, 0.05) is 12.5 Å². The molecule has 1 aliphatic rings. The fourth-order valence-electron chi connectivity index (χ4n) is 2.75. The minimum Gasteiger partial charge on any atom is -0.480 e. The lowest BCUT2D eigenvalue weighted by Crippen LogP contribution is -2.41. The van der Waals surface area contributed by atoms with E-state index in [4.69, 9.17) is 0 Å². The maximum atomic E-state index is 12.5. The van der Waals surface area contributed by atoms with Crippen molar-refractivity contribution in [1.29, 1.82) is 0 Å². The van der Waals surface area contributed by atoms with Crippen molar-refractivity contribution in [2.75, 3.05) is 0 Å². The zero-order chi connectivity index (χ0) is 17.0. The van der Waals surface area contributed by atoms with Crippen molar-refractivity contribution in [3.05, 3.63) is 17.5 Å². The van der Waals surface area contributed by atoms with Gasteiger partial charge in [-0.15, -0.1) is 0 Å². The van der Waals surface area contributed by atoms with Gasteiger partial charge in [-0.25, -0.2) is 4.79 Å². The molecule has 6 heteroatoms. The molecular formula is C17H27N3O3. The highest BCUT2D eigenvalue weighted by Gasteiger charge is 2.33. The van der Waals surface area contributed by atoms with Crippen LogP contribution in [0.25, 0.3) is 0 Å². The van der Waals surface area contributed by atoms with Crippen molar-refractivity contribution in [1.82, 2.24) is 15.1 Å². The molecule has 23 heavy (non-hydrogen) atoms. The van der Waals surface area contributed by atoms with Gasteiger partial charge in [-0.2, -0.15) is 5.10 Å². The number of unbranched alkanes of at least 4 members (excludes halogenated alkanes) is 1. The maximum absolute atomic E-state index is 12.5. The molecule has 1 amide bonds. The fraction of sp³-hybridized carbons (Fsp3) is 0.706. The third-order valence-electron chi connectivity index (χ3n) is 4.08. The number of nitrogens with one attached hydrogen (secondary N) is 1. The van der Waals surface area contributed by atoms with Crippen molar-refractivity contribution in [2.24, 2.45) is 5.92 Å². The molecule has 0 spiro atoms. The third kappa shape index (κ3) is 4.56. The van der Waals surface area contributed by atoms with Crippen molar-refractivity contribution < 1.29 is 14.7 Å². The Hall–Kier alpha value is -1.85. The van der Waals surface area contributed by atoms with Crippen LogP contribution in [0.15, 0.2) is 6.20 Å². The summed E-state index contributed by atoms with van der Waals surface area (Å²) in [6.07, 6.45) is 5.86. The Morgan fingerprint density at radius 2 is 2.13 bits per heavy atom. The number of carboxylic acids is 1. The first-order valence-corrected chi connectivity index (χ1v) is 8.53. The quantitative estimate of drug-likeness (QED) is 0.732. The van der Waals surface area contributed by atoms with Crippen LogP contribution >= 0.6 is 0 Å². The number of carboxylic acid groups (broad SMARTS) is 1. The first kappa shape index (κ1) is 17.5. The second kappa shape index (κ2) is 7.62. The van der Waals surface area contributed by atoms with E-state index < -0.39 is 12.0 Å². The van der Waals surface area contributed by atoms with Crippen molar-refractivity contribution in [2.45, 2.75) is 71.4 Å². The van der Waals surface area contributed by atoms with Gasteiger partial charge < -0.3 is 10.4 Å². The van der Waals surface area contributed by atoms with Crippen LogP contribution in [0, 0.1) is 5.92 Å². The normalized spacial score (nSPS) is 15.7. The zero-order valence-corrected chi connectivity index (χ0v) is 14.2. The topological polar surface area (TPSA) is 84.2 Å². The number of aliphatic carboxylic acids is 1. The molecule has 1 fully saturated rings. The summed E-state index contributed by atoms with van der Waals surface area (Å²) in [7, 11) is 0. The van der Waals surface area contributed by atoms with Crippen LogP contribution < -0.4 is 5.32 Å². The Morgan fingerprint density at radius 3 is 2.65 bits per heavy atom. The summed E-state index contributed by atoms with van der Waals surface area (Å²) in [6, 6.07) is -0.831. The minimum absolute atomic E-state index is 0.314. The molecule has 1 saturated carbocycles. The third-order valence-corrected chi connectivity index (χ3v) is 4.08. The van der Waals surface area contributed by atoms with Crippen LogP contribution in [0.2, 0.25) is 0 Å². The summed E-state index contributed by atoms with van der Waals surface area (Å²) in [4.78, 5) is 23.9. The molecule has 128 valence electrons. The van der Waals surface area contributed by atoms with Gasteiger partial charge in [-0.1, -0.05) is 33.6 Å². The summed E-state index contributed by atoms with van der Waals surface area (Å²) in [6.45, 7) is 7.01. The van der Waals surface area contributed by atoms with Crippen LogP contribution in [0.5, 0.6) is 0 Å². The molecule has 1 unspecified atom stereocenters. The Balaban J connectivity index is 2.15. The molecular weight excluding hydrogens is 294 g/mol. The van der Waals surface area contributed by atoms with Crippen molar-refractivity contribution in [3.63, 3.8) is 0 Å². The van der Waals surface area contributed by atoms with Gasteiger partial charge in [0.05, 0.1) is 17.5 Å². The number of carbonyl (C=O) groups excluding carboxylic acids is 1. The van der Waals surface area contributed by atoms with E-state index in [1.807, 2.05) is 11.6 Å². The molecule has 0 bridgehead atoms. The van der Waals surface area contributed by atoms with Gasteiger partial charge in [0.2, 0.25) is 0 Å². The van der Waals surface area contributed by atoms with Crippen LogP contribution in [-0.2, 0) is 11.3 Å². The number of rotatable bonds is 9. The molecule has 1 aromatic heterocycles. The van der Waals surface area contributed by atoms with E-state index in [2.05, 4.69) is 24.3 Å². The number of nitrogens with zero attached hydrogens (tertiary/aromatic N) is 2. The number of hydrogen-bond acceptors (Lipinski definition) is 3. The largest absolute Gasteiger partial charge is 0.480 e. The summed E-state index contributed by atoms with van der Waals surface area (Å²) in [5.41, 5.74) is 1.51. The van der Waals surface area contributed by atoms with Gasteiger partial charge in [-0.3, -0.25) is 9.48 Å². The molecule has 0 aliphatic heterocycles. The van der Waals surface area contributed by atoms with Crippen LogP contribution in [0.3, 0.4) is 0 Å². The lowest BCUT2D eigenvalue weighted by molar-refractivity contribution is -0.139. The Bertz CT molecular complexity index is 561. The van der Waals surface area contributed by atoms with E-state index in [-0.39, 0.29) is 5.91 Å². The van der Waals surface area contributed by atoms with E-state index in [9.17, 15) is 14.7 Å². The molecule has 1 atom stereocenters. The summed E-state index contributed by atoms with van der Waals surface area (Å²) < 4.78 is 1.92. The predicted octanol–water partition coefficient (Wildman–Crippen LogP) is 2.79. The van der Waals surface area contributed by atoms with Gasteiger partial charge in [0.25, 0.3) is 5.91 Å². The highest BCUT2D eigenvalue weighted by atomic mass is 16.4. The van der Waals surface area contributed by atoms with Crippen LogP contribution in [0.4, 0.5) is 0 Å². The number of amides is 1. The first-order valence-electron chi connectivity index (χ1n) is 8.53. The second-order valence-corrected chi connectivity index (χ2v) is 6.80. The SMILES string of the molecule is CCCCC(NC(=O)c1cnn(CC(C)C)c1C1CC1)C(=O)O. The van der Waals surface area contributed by atoms with Gasteiger partial charge in [0.15, 0.2) is 0 Å². The molecule has 0 radical (unpaired) electrons. The minimum atomic E-state index is -0.977. The lowest BCUT2D eigenvalue weighted by Gasteiger charge is -2.15. The smallest absolute Gasteiger partial charge is 0.326 e. The molecule has 1 aliphatic carbocycles. The standard InChI is InChI=1S/C17H27N3O3/c1-4-5-6-14(17(22)23)19-16(21)13-9-18-20(10-11(2)3)15(13)12-7-8-12/h9,11-12,14H,4-8,10H2,1-3H3,(H,19,21)(H,22,23). The number of hydrogen-bond donors (Lipinski definition) is 2. The van der Waals surface area contributed by atoms with Crippen LogP contribution in [0.1, 0.15) is 74.8 Å². The van der Waals surface area contributed by atoms with E-state index in [0.717, 1.165) is 37.9 Å². The molecule has 1 heterocycles. The summed E-state index contributed by atoms with van der Waals surface area (Å²) in [5, 5.41) is 16.3. The second-order valence-electron chi connectivity index (χ2n) is 6.80. The Kier molecular flexibility index (Phi) is 5.80. The monoisotopic (exact) mass is 321 g/mol. The number of carbonyl (C=O) groups is 2. The maximum Gasteiger partial charge on any atom is 0.326 e. The zero-order valence-electron chi connectivity index (χ0n) is 14.2. The number of aromatic nitrogens is 2. The molecule has 2 rings (SSSR count). The van der Waals surface area contributed by atoms with E-state index in [1.165, 1.54) is 0 Å². The highest BCUT2D eigenvalue weighted by Crippen LogP contribution is 2.41. The lowest BCUT2D eigenvalue weighted by atomic mass is 10.1. The predicted molar refractivity (Wildman–Crippen MR) is 87.5 cm³/mol. The average molecular weight is 321 g/mol.